The van der Waals surface area contributed by atoms with E-state index < -0.39 is 6.10 Å². The molecule has 0 bridgehead atoms. The maximum Gasteiger partial charge on any atom is 0.157 e. The van der Waals surface area contributed by atoms with Gasteiger partial charge in [0.1, 0.15) is 6.10 Å². The minimum absolute atomic E-state index is 0.377. The van der Waals surface area contributed by atoms with E-state index in [0.29, 0.717) is 11.7 Å². The molecule has 0 radical (unpaired) electrons. The summed E-state index contributed by atoms with van der Waals surface area (Å²) in [7, 11) is 0. The summed E-state index contributed by atoms with van der Waals surface area (Å²) in [6.07, 6.45) is 7.59. The van der Waals surface area contributed by atoms with Crippen LogP contribution < -0.4 is 0 Å². The molecular formula is C10H14N2O. The molecule has 1 aliphatic rings. The molecule has 0 aliphatic heterocycles. The van der Waals surface area contributed by atoms with E-state index in [1.54, 1.807) is 18.5 Å². The van der Waals surface area contributed by atoms with Gasteiger partial charge in [0.2, 0.25) is 0 Å². The fraction of sp³-hybridized carbons (Fsp3) is 0.600. The summed E-state index contributed by atoms with van der Waals surface area (Å²) in [5.41, 5.74) is 0. The van der Waals surface area contributed by atoms with Crippen molar-refractivity contribution in [2.24, 2.45) is 5.92 Å². The summed E-state index contributed by atoms with van der Waals surface area (Å²) in [4.78, 5) is 8.12. The Morgan fingerprint density at radius 1 is 1.23 bits per heavy atom. The van der Waals surface area contributed by atoms with Crippen LogP contribution in [0.5, 0.6) is 0 Å². The third kappa shape index (κ3) is 1.86. The zero-order valence-electron chi connectivity index (χ0n) is 7.56. The molecule has 3 nitrogen and oxygen atoms in total. The molecule has 1 N–H and O–H groups in total. The van der Waals surface area contributed by atoms with E-state index in [-0.39, 0.29) is 0 Å². The highest BCUT2D eigenvalue weighted by molar-refractivity contribution is 4.95. The zero-order valence-corrected chi connectivity index (χ0v) is 7.56. The van der Waals surface area contributed by atoms with Gasteiger partial charge in [-0.25, -0.2) is 9.97 Å². The third-order valence-electron chi connectivity index (χ3n) is 2.70. The van der Waals surface area contributed by atoms with Crippen LogP contribution >= 0.6 is 0 Å². The Hall–Kier alpha value is -0.960. The quantitative estimate of drug-likeness (QED) is 0.749. The lowest BCUT2D eigenvalue weighted by Crippen LogP contribution is -2.11. The monoisotopic (exact) mass is 178 g/mol. The Labute approximate surface area is 77.8 Å². The Kier molecular flexibility index (Phi) is 2.54. The topological polar surface area (TPSA) is 46.0 Å². The SMILES string of the molecule is O[C@H](c1ncccn1)C1CCCC1. The van der Waals surface area contributed by atoms with Crippen molar-refractivity contribution in [1.82, 2.24) is 9.97 Å². The van der Waals surface area contributed by atoms with Crippen molar-refractivity contribution in [3.8, 4) is 0 Å². The van der Waals surface area contributed by atoms with Crippen LogP contribution in [0.25, 0.3) is 0 Å². The lowest BCUT2D eigenvalue weighted by atomic mass is 10.0. The van der Waals surface area contributed by atoms with Crippen LogP contribution in [0.1, 0.15) is 37.6 Å². The van der Waals surface area contributed by atoms with Gasteiger partial charge in [-0.15, -0.1) is 0 Å². The highest BCUT2D eigenvalue weighted by Gasteiger charge is 2.25. The van der Waals surface area contributed by atoms with E-state index in [1.807, 2.05) is 0 Å². The average Bonchev–Trinajstić information content (AvgIpc) is 2.71. The maximum atomic E-state index is 9.90. The van der Waals surface area contributed by atoms with E-state index >= 15 is 0 Å². The molecule has 0 aromatic carbocycles. The predicted molar refractivity (Wildman–Crippen MR) is 48.9 cm³/mol. The van der Waals surface area contributed by atoms with E-state index in [9.17, 15) is 5.11 Å². The second kappa shape index (κ2) is 3.83. The molecule has 1 heterocycles. The molecule has 13 heavy (non-hydrogen) atoms. The van der Waals surface area contributed by atoms with Crippen molar-refractivity contribution in [2.45, 2.75) is 31.8 Å². The van der Waals surface area contributed by atoms with Crippen LogP contribution in [0.3, 0.4) is 0 Å². The predicted octanol–water partition coefficient (Wildman–Crippen LogP) is 1.70. The fourth-order valence-corrected chi connectivity index (χ4v) is 1.95. The molecule has 1 aromatic rings. The Morgan fingerprint density at radius 2 is 1.85 bits per heavy atom. The van der Waals surface area contributed by atoms with Crippen LogP contribution in [-0.2, 0) is 0 Å². The first kappa shape index (κ1) is 8.63. The second-order valence-electron chi connectivity index (χ2n) is 3.60. The molecule has 0 saturated heterocycles. The number of hydrogen-bond donors (Lipinski definition) is 1. The average molecular weight is 178 g/mol. The van der Waals surface area contributed by atoms with Gasteiger partial charge in [-0.1, -0.05) is 12.8 Å². The fourth-order valence-electron chi connectivity index (χ4n) is 1.95. The third-order valence-corrected chi connectivity index (χ3v) is 2.70. The summed E-state index contributed by atoms with van der Waals surface area (Å²) >= 11 is 0. The Balaban J connectivity index is 2.08. The molecule has 1 aromatic heterocycles. The van der Waals surface area contributed by atoms with Crippen LogP contribution in [0.15, 0.2) is 18.5 Å². The van der Waals surface area contributed by atoms with E-state index in [2.05, 4.69) is 9.97 Å². The first-order chi connectivity index (χ1) is 6.38. The summed E-state index contributed by atoms with van der Waals surface area (Å²) < 4.78 is 0. The van der Waals surface area contributed by atoms with Gasteiger partial charge in [0.25, 0.3) is 0 Å². The Bertz CT molecular complexity index is 257. The highest BCUT2D eigenvalue weighted by atomic mass is 16.3. The van der Waals surface area contributed by atoms with E-state index in [1.165, 1.54) is 12.8 Å². The van der Waals surface area contributed by atoms with Crippen LogP contribution in [0.2, 0.25) is 0 Å². The van der Waals surface area contributed by atoms with Gasteiger partial charge < -0.3 is 5.11 Å². The summed E-state index contributed by atoms with van der Waals surface area (Å²) in [5, 5.41) is 9.90. The summed E-state index contributed by atoms with van der Waals surface area (Å²) in [6.45, 7) is 0. The number of nitrogens with zero attached hydrogens (tertiary/aromatic N) is 2. The van der Waals surface area contributed by atoms with Crippen molar-refractivity contribution in [2.75, 3.05) is 0 Å². The molecule has 2 rings (SSSR count). The van der Waals surface area contributed by atoms with Gasteiger partial charge in [0.15, 0.2) is 5.82 Å². The van der Waals surface area contributed by atoms with Crippen molar-refractivity contribution in [3.63, 3.8) is 0 Å². The maximum absolute atomic E-state index is 9.90. The zero-order chi connectivity index (χ0) is 9.10. The van der Waals surface area contributed by atoms with Crippen molar-refractivity contribution in [1.29, 1.82) is 0 Å². The second-order valence-corrected chi connectivity index (χ2v) is 3.60. The molecule has 1 saturated carbocycles. The van der Waals surface area contributed by atoms with Crippen molar-refractivity contribution in [3.05, 3.63) is 24.3 Å². The number of aromatic nitrogens is 2. The lowest BCUT2D eigenvalue weighted by Gasteiger charge is -2.15. The molecule has 1 aliphatic carbocycles. The molecule has 1 fully saturated rings. The van der Waals surface area contributed by atoms with Crippen molar-refractivity contribution < 1.29 is 5.11 Å². The number of hydrogen-bond acceptors (Lipinski definition) is 3. The lowest BCUT2D eigenvalue weighted by molar-refractivity contribution is 0.103. The molecule has 0 unspecified atom stereocenters. The smallest absolute Gasteiger partial charge is 0.157 e. The highest BCUT2D eigenvalue weighted by Crippen LogP contribution is 2.33. The summed E-state index contributed by atoms with van der Waals surface area (Å²) in [6, 6.07) is 1.77. The van der Waals surface area contributed by atoms with Gasteiger partial charge >= 0.3 is 0 Å². The molecule has 0 spiro atoms. The molecular weight excluding hydrogens is 164 g/mol. The number of rotatable bonds is 2. The minimum Gasteiger partial charge on any atom is -0.385 e. The minimum atomic E-state index is -0.455. The molecule has 0 amide bonds. The van der Waals surface area contributed by atoms with E-state index in [0.717, 1.165) is 12.8 Å². The van der Waals surface area contributed by atoms with Crippen LogP contribution in [0.4, 0.5) is 0 Å². The molecule has 3 heteroatoms. The first-order valence-corrected chi connectivity index (χ1v) is 4.83. The summed E-state index contributed by atoms with van der Waals surface area (Å²) in [5.74, 6) is 0.955. The molecule has 1 atom stereocenters. The largest absolute Gasteiger partial charge is 0.385 e. The van der Waals surface area contributed by atoms with Crippen molar-refractivity contribution >= 4 is 0 Å². The molecule has 70 valence electrons. The van der Waals surface area contributed by atoms with E-state index in [4.69, 9.17) is 0 Å². The van der Waals surface area contributed by atoms with Gasteiger partial charge in [-0.05, 0) is 24.8 Å². The van der Waals surface area contributed by atoms with Crippen LogP contribution in [-0.4, -0.2) is 15.1 Å². The normalized spacial score (nSPS) is 20.4. The van der Waals surface area contributed by atoms with Gasteiger partial charge in [0.05, 0.1) is 0 Å². The van der Waals surface area contributed by atoms with Gasteiger partial charge in [-0.3, -0.25) is 0 Å². The van der Waals surface area contributed by atoms with Gasteiger partial charge in [0, 0.05) is 12.4 Å². The standard InChI is InChI=1S/C10H14N2O/c13-9(8-4-1-2-5-8)10-11-6-3-7-12-10/h3,6-9,13H,1-2,4-5H2/t9-/m0/s1. The number of aliphatic hydroxyl groups excluding tert-OH is 1. The number of aliphatic hydroxyl groups is 1. The van der Waals surface area contributed by atoms with Gasteiger partial charge in [-0.2, -0.15) is 0 Å². The first-order valence-electron chi connectivity index (χ1n) is 4.83. The van der Waals surface area contributed by atoms with Crippen LogP contribution in [0, 0.1) is 5.92 Å². The Morgan fingerprint density at radius 3 is 2.46 bits per heavy atom.